The Balaban J connectivity index is 1.98. The Kier molecular flexibility index (Phi) is 4.87. The van der Waals surface area contributed by atoms with Crippen molar-refractivity contribution in [3.8, 4) is 5.75 Å². The number of nitrogens with one attached hydrogen (secondary N) is 1. The monoisotopic (exact) mass is 284 g/mol. The lowest BCUT2D eigenvalue weighted by atomic mass is 10.2. The zero-order valence-electron chi connectivity index (χ0n) is 11.4. The third-order valence-electron chi connectivity index (χ3n) is 2.66. The van der Waals surface area contributed by atoms with Gasteiger partial charge >= 0.3 is 6.09 Å². The Bertz CT molecular complexity index is 622. The van der Waals surface area contributed by atoms with Gasteiger partial charge in [-0.25, -0.2) is 10.5 Å². The second-order valence-electron chi connectivity index (χ2n) is 4.14. The Morgan fingerprint density at radius 2 is 1.52 bits per heavy atom. The summed E-state index contributed by atoms with van der Waals surface area (Å²) in [5.41, 5.74) is 8.86. The molecule has 1 radical (unpaired) electrons. The van der Waals surface area contributed by atoms with Crippen molar-refractivity contribution in [2.45, 2.75) is 6.61 Å². The van der Waals surface area contributed by atoms with Crippen LogP contribution in [0.4, 0.5) is 16.2 Å². The van der Waals surface area contributed by atoms with E-state index in [1.54, 1.807) is 31.4 Å². The maximum atomic E-state index is 10.4. The van der Waals surface area contributed by atoms with Crippen LogP contribution in [-0.2, 0) is 11.3 Å². The van der Waals surface area contributed by atoms with Gasteiger partial charge in [-0.05, 0) is 42.0 Å². The molecule has 0 fully saturated rings. The number of hydrogen-bond donors (Lipinski definition) is 0. The molecule has 6 nitrogen and oxygen atoms in total. The van der Waals surface area contributed by atoms with Gasteiger partial charge in [0.2, 0.25) is 0 Å². The molecule has 1 amide bonds. The Hall–Kier alpha value is -2.89. The fourth-order valence-electron chi connectivity index (χ4n) is 1.57. The van der Waals surface area contributed by atoms with Crippen molar-refractivity contribution >= 4 is 17.5 Å². The van der Waals surface area contributed by atoms with Crippen LogP contribution < -0.4 is 10.5 Å². The van der Waals surface area contributed by atoms with Crippen LogP contribution in [0.25, 0.3) is 0 Å². The van der Waals surface area contributed by atoms with E-state index in [-0.39, 0.29) is 6.61 Å². The second-order valence-corrected chi connectivity index (χ2v) is 4.14. The van der Waals surface area contributed by atoms with Crippen LogP contribution in [0.2, 0.25) is 0 Å². The molecule has 6 heteroatoms. The van der Waals surface area contributed by atoms with E-state index < -0.39 is 6.09 Å². The number of amides is 1. The third kappa shape index (κ3) is 4.61. The van der Waals surface area contributed by atoms with Gasteiger partial charge in [-0.15, -0.1) is 0 Å². The predicted octanol–water partition coefficient (Wildman–Crippen LogP) is 4.03. The van der Waals surface area contributed by atoms with Crippen LogP contribution in [0.1, 0.15) is 5.56 Å². The number of methoxy groups -OCH3 is 1. The van der Waals surface area contributed by atoms with Gasteiger partial charge in [0.25, 0.3) is 0 Å². The molecule has 0 aromatic heterocycles. The van der Waals surface area contributed by atoms with Crippen LogP contribution in [-0.4, -0.2) is 13.2 Å². The maximum Gasteiger partial charge on any atom is 0.426 e. The van der Waals surface area contributed by atoms with Crippen LogP contribution >= 0.6 is 0 Å². The van der Waals surface area contributed by atoms with Gasteiger partial charge in [-0.3, -0.25) is 0 Å². The van der Waals surface area contributed by atoms with Crippen LogP contribution in [0.15, 0.2) is 58.8 Å². The quantitative estimate of drug-likeness (QED) is 0.777. The molecule has 0 aliphatic heterocycles. The summed E-state index contributed by atoms with van der Waals surface area (Å²) in [7, 11) is 1.61. The van der Waals surface area contributed by atoms with Crippen molar-refractivity contribution in [1.82, 2.24) is 5.73 Å². The molecule has 0 bridgehead atoms. The van der Waals surface area contributed by atoms with E-state index in [1.807, 2.05) is 24.3 Å². The molecule has 0 saturated carbocycles. The summed E-state index contributed by atoms with van der Waals surface area (Å²) in [5, 5.41) is 8.22. The van der Waals surface area contributed by atoms with E-state index in [9.17, 15) is 4.79 Å². The molecule has 0 spiro atoms. The van der Waals surface area contributed by atoms with E-state index in [2.05, 4.69) is 15.0 Å². The summed E-state index contributed by atoms with van der Waals surface area (Å²) in [6.45, 7) is 0.0816. The number of nitrogens with zero attached hydrogens (tertiary/aromatic N) is 2. The maximum absolute atomic E-state index is 10.4. The molecule has 21 heavy (non-hydrogen) atoms. The first-order chi connectivity index (χ1) is 10.2. The predicted molar refractivity (Wildman–Crippen MR) is 76.9 cm³/mol. The molecular formula is C15H14N3O3. The van der Waals surface area contributed by atoms with E-state index in [4.69, 9.17) is 10.5 Å². The number of ether oxygens (including phenoxy) is 2. The largest absolute Gasteiger partial charge is 0.497 e. The molecule has 2 aromatic carbocycles. The standard InChI is InChI=1S/C15H14N3O3/c1-20-14-8-6-13(7-9-14)18-17-12-4-2-11(3-5-12)10-21-15(16)19/h2-9,16H,10H2,1H3. The topological polar surface area (TPSA) is 84.1 Å². The highest BCUT2D eigenvalue weighted by Gasteiger charge is 1.98. The minimum atomic E-state index is -1.04. The highest BCUT2D eigenvalue weighted by molar-refractivity contribution is 5.63. The lowest BCUT2D eigenvalue weighted by Gasteiger charge is -2.01. The first kappa shape index (κ1) is 14.5. The average Bonchev–Trinajstić information content (AvgIpc) is 2.52. The summed E-state index contributed by atoms with van der Waals surface area (Å²) < 4.78 is 9.64. The van der Waals surface area contributed by atoms with E-state index in [1.165, 1.54) is 0 Å². The summed E-state index contributed by atoms with van der Waals surface area (Å²) >= 11 is 0. The van der Waals surface area contributed by atoms with Crippen LogP contribution in [0.5, 0.6) is 5.75 Å². The SMILES string of the molecule is COc1ccc(N=Nc2ccc(COC([NH])=O)cc2)cc1. The van der Waals surface area contributed by atoms with Crippen molar-refractivity contribution < 1.29 is 14.3 Å². The molecule has 0 unspecified atom stereocenters. The van der Waals surface area contributed by atoms with Gasteiger partial charge in [0.1, 0.15) is 12.4 Å². The first-order valence-electron chi connectivity index (χ1n) is 6.20. The molecule has 0 atom stereocenters. The molecule has 107 valence electrons. The minimum Gasteiger partial charge on any atom is -0.497 e. The number of rotatable bonds is 5. The van der Waals surface area contributed by atoms with Gasteiger partial charge in [0.15, 0.2) is 0 Å². The van der Waals surface area contributed by atoms with Gasteiger partial charge in [-0.2, -0.15) is 10.2 Å². The highest BCUT2D eigenvalue weighted by atomic mass is 16.5. The van der Waals surface area contributed by atoms with E-state index >= 15 is 0 Å². The molecule has 1 N–H and O–H groups in total. The highest BCUT2D eigenvalue weighted by Crippen LogP contribution is 2.21. The lowest BCUT2D eigenvalue weighted by Crippen LogP contribution is -2.01. The number of carbonyl (C=O) groups is 1. The molecule has 2 aromatic rings. The normalized spacial score (nSPS) is 10.5. The number of benzene rings is 2. The van der Waals surface area contributed by atoms with Crippen LogP contribution in [0.3, 0.4) is 0 Å². The van der Waals surface area contributed by atoms with E-state index in [0.717, 1.165) is 17.0 Å². The fraction of sp³-hybridized carbons (Fsp3) is 0.133. The lowest BCUT2D eigenvalue weighted by molar-refractivity contribution is 0.148. The molecule has 0 saturated heterocycles. The van der Waals surface area contributed by atoms with Crippen molar-refractivity contribution in [2.75, 3.05) is 7.11 Å². The van der Waals surface area contributed by atoms with Crippen LogP contribution in [0, 0.1) is 0 Å². The van der Waals surface area contributed by atoms with Gasteiger partial charge in [0, 0.05) is 0 Å². The van der Waals surface area contributed by atoms with Crippen molar-refractivity contribution in [1.29, 1.82) is 0 Å². The molecular weight excluding hydrogens is 270 g/mol. The molecule has 0 heterocycles. The first-order valence-corrected chi connectivity index (χ1v) is 6.20. The third-order valence-corrected chi connectivity index (χ3v) is 2.66. The van der Waals surface area contributed by atoms with Gasteiger partial charge in [-0.1, -0.05) is 12.1 Å². The Morgan fingerprint density at radius 1 is 1.00 bits per heavy atom. The molecule has 0 aliphatic rings. The van der Waals surface area contributed by atoms with Gasteiger partial charge in [0.05, 0.1) is 18.5 Å². The molecule has 2 rings (SSSR count). The number of azo groups is 1. The summed E-state index contributed by atoms with van der Waals surface area (Å²) in [4.78, 5) is 10.4. The number of hydrogen-bond acceptors (Lipinski definition) is 5. The van der Waals surface area contributed by atoms with Crippen molar-refractivity contribution in [3.05, 3.63) is 54.1 Å². The summed E-state index contributed by atoms with van der Waals surface area (Å²) in [6.07, 6.45) is -1.04. The summed E-state index contributed by atoms with van der Waals surface area (Å²) in [6, 6.07) is 14.3. The average molecular weight is 284 g/mol. The van der Waals surface area contributed by atoms with E-state index in [0.29, 0.717) is 5.69 Å². The Labute approximate surface area is 122 Å². The molecule has 0 aliphatic carbocycles. The zero-order valence-corrected chi connectivity index (χ0v) is 11.4. The van der Waals surface area contributed by atoms with Crippen molar-refractivity contribution in [3.63, 3.8) is 0 Å². The Morgan fingerprint density at radius 3 is 2.00 bits per heavy atom. The number of carbonyl (C=O) groups excluding carboxylic acids is 1. The van der Waals surface area contributed by atoms with Gasteiger partial charge < -0.3 is 9.47 Å². The zero-order chi connectivity index (χ0) is 15.1. The second kappa shape index (κ2) is 7.04. The van der Waals surface area contributed by atoms with Crippen molar-refractivity contribution in [2.24, 2.45) is 10.2 Å². The fourth-order valence-corrected chi connectivity index (χ4v) is 1.57. The minimum absolute atomic E-state index is 0.0816. The summed E-state index contributed by atoms with van der Waals surface area (Å²) in [5.74, 6) is 0.766. The smallest absolute Gasteiger partial charge is 0.426 e.